The number of carbonyl (C=O) groups is 1. The van der Waals surface area contributed by atoms with E-state index in [9.17, 15) is 4.79 Å². The summed E-state index contributed by atoms with van der Waals surface area (Å²) in [6, 6.07) is 14.0. The van der Waals surface area contributed by atoms with Crippen LogP contribution in [0.15, 0.2) is 55.1 Å². The Morgan fingerprint density at radius 3 is 2.41 bits per heavy atom. The summed E-state index contributed by atoms with van der Waals surface area (Å²) in [5.74, 6) is 1.12. The van der Waals surface area contributed by atoms with Gasteiger partial charge in [0.05, 0.1) is 11.7 Å². The first-order valence-electron chi connectivity index (χ1n) is 9.80. The number of nitrogens with zero attached hydrogens (tertiary/aromatic N) is 4. The van der Waals surface area contributed by atoms with Gasteiger partial charge in [0.1, 0.15) is 18.4 Å². The number of carbonyl (C=O) groups excluding carboxylic acids is 1. The first-order chi connectivity index (χ1) is 13.9. The van der Waals surface area contributed by atoms with E-state index in [1.165, 1.54) is 11.9 Å². The van der Waals surface area contributed by atoms with Crippen LogP contribution in [0.2, 0.25) is 0 Å². The second-order valence-electron chi connectivity index (χ2n) is 7.58. The molecule has 0 N–H and O–H groups in total. The molecule has 3 aromatic rings. The Morgan fingerprint density at radius 2 is 1.79 bits per heavy atom. The average molecular weight is 393 g/mol. The second-order valence-corrected chi connectivity index (χ2v) is 7.58. The van der Waals surface area contributed by atoms with Crippen LogP contribution in [-0.4, -0.2) is 39.2 Å². The standard InChI is InChI=1S/C23H28N4O2/c1-16(2)20-7-6-17(3)22(12-20)29-13-23(28)26(5)18(4)19-8-10-21(11-9-19)27-15-24-14-25-27/h6-12,14-16,18H,13H2,1-5H3/t18-/m0/s1. The molecule has 0 aliphatic rings. The number of hydrogen-bond donors (Lipinski definition) is 0. The van der Waals surface area contributed by atoms with Crippen molar-refractivity contribution < 1.29 is 9.53 Å². The van der Waals surface area contributed by atoms with Crippen LogP contribution in [0.25, 0.3) is 5.69 Å². The molecule has 3 rings (SSSR count). The summed E-state index contributed by atoms with van der Waals surface area (Å²) in [6.45, 7) is 8.30. The number of ether oxygens (including phenoxy) is 1. The fourth-order valence-electron chi connectivity index (χ4n) is 3.06. The van der Waals surface area contributed by atoms with E-state index in [4.69, 9.17) is 4.74 Å². The minimum absolute atomic E-state index is 0.0142. The van der Waals surface area contributed by atoms with Crippen LogP contribution in [0.5, 0.6) is 5.75 Å². The van der Waals surface area contributed by atoms with E-state index in [2.05, 4.69) is 30.0 Å². The zero-order chi connectivity index (χ0) is 21.0. The molecule has 1 atom stereocenters. The van der Waals surface area contributed by atoms with Crippen molar-refractivity contribution in [3.8, 4) is 11.4 Å². The molecule has 0 radical (unpaired) electrons. The zero-order valence-electron chi connectivity index (χ0n) is 17.7. The summed E-state index contributed by atoms with van der Waals surface area (Å²) in [5.41, 5.74) is 4.20. The molecule has 29 heavy (non-hydrogen) atoms. The first-order valence-corrected chi connectivity index (χ1v) is 9.80. The van der Waals surface area contributed by atoms with Gasteiger partial charge in [-0.15, -0.1) is 0 Å². The number of aromatic nitrogens is 3. The topological polar surface area (TPSA) is 60.2 Å². The Hall–Kier alpha value is -3.15. The van der Waals surface area contributed by atoms with Crippen LogP contribution in [0.3, 0.4) is 0 Å². The molecule has 0 unspecified atom stereocenters. The van der Waals surface area contributed by atoms with E-state index < -0.39 is 0 Å². The van der Waals surface area contributed by atoms with Gasteiger partial charge in [-0.1, -0.05) is 38.1 Å². The van der Waals surface area contributed by atoms with Crippen molar-refractivity contribution in [1.82, 2.24) is 19.7 Å². The van der Waals surface area contributed by atoms with Crippen molar-refractivity contribution >= 4 is 5.91 Å². The number of amides is 1. The molecule has 0 aliphatic carbocycles. The molecule has 6 heteroatoms. The van der Waals surface area contributed by atoms with Crippen LogP contribution < -0.4 is 4.74 Å². The minimum Gasteiger partial charge on any atom is -0.483 e. The van der Waals surface area contributed by atoms with Crippen molar-refractivity contribution in [2.45, 2.75) is 39.7 Å². The van der Waals surface area contributed by atoms with Gasteiger partial charge in [0.2, 0.25) is 0 Å². The lowest BCUT2D eigenvalue weighted by atomic mass is 10.0. The largest absolute Gasteiger partial charge is 0.483 e. The van der Waals surface area contributed by atoms with E-state index in [1.54, 1.807) is 23.0 Å². The fraction of sp³-hybridized carbons (Fsp3) is 0.348. The summed E-state index contributed by atoms with van der Waals surface area (Å²) in [6.07, 6.45) is 3.16. The van der Waals surface area contributed by atoms with E-state index >= 15 is 0 Å². The predicted molar refractivity (Wildman–Crippen MR) is 113 cm³/mol. The van der Waals surface area contributed by atoms with E-state index in [1.807, 2.05) is 50.2 Å². The van der Waals surface area contributed by atoms with Crippen LogP contribution in [-0.2, 0) is 4.79 Å². The Bertz CT molecular complexity index is 950. The molecule has 2 aromatic carbocycles. The molecule has 0 fully saturated rings. The van der Waals surface area contributed by atoms with Crippen LogP contribution in [0.1, 0.15) is 49.4 Å². The van der Waals surface area contributed by atoms with Crippen molar-refractivity contribution in [3.05, 3.63) is 71.8 Å². The monoisotopic (exact) mass is 392 g/mol. The Kier molecular flexibility index (Phi) is 6.32. The highest BCUT2D eigenvalue weighted by Crippen LogP contribution is 2.25. The molecule has 6 nitrogen and oxygen atoms in total. The molecule has 0 bridgehead atoms. The van der Waals surface area contributed by atoms with Gasteiger partial charge < -0.3 is 9.64 Å². The van der Waals surface area contributed by atoms with E-state index in [0.717, 1.165) is 22.6 Å². The molecule has 0 saturated carbocycles. The maximum Gasteiger partial charge on any atom is 0.260 e. The van der Waals surface area contributed by atoms with Gasteiger partial charge in [-0.3, -0.25) is 4.79 Å². The van der Waals surface area contributed by atoms with E-state index in [-0.39, 0.29) is 18.6 Å². The first kappa shape index (κ1) is 20.6. The summed E-state index contributed by atoms with van der Waals surface area (Å²) >= 11 is 0. The van der Waals surface area contributed by atoms with Crippen molar-refractivity contribution in [2.24, 2.45) is 0 Å². The quantitative estimate of drug-likeness (QED) is 0.602. The number of hydrogen-bond acceptors (Lipinski definition) is 4. The fourth-order valence-corrected chi connectivity index (χ4v) is 3.06. The Morgan fingerprint density at radius 1 is 1.10 bits per heavy atom. The lowest BCUT2D eigenvalue weighted by molar-refractivity contribution is -0.134. The molecule has 0 spiro atoms. The minimum atomic E-state index is -0.0704. The smallest absolute Gasteiger partial charge is 0.260 e. The van der Waals surface area contributed by atoms with Gasteiger partial charge in [-0.2, -0.15) is 5.10 Å². The van der Waals surface area contributed by atoms with Crippen LogP contribution in [0.4, 0.5) is 0 Å². The van der Waals surface area contributed by atoms with Gasteiger partial charge >= 0.3 is 0 Å². The third kappa shape index (κ3) is 4.83. The normalized spacial score (nSPS) is 12.1. The molecule has 1 amide bonds. The van der Waals surface area contributed by atoms with Crippen molar-refractivity contribution in [3.63, 3.8) is 0 Å². The zero-order valence-corrected chi connectivity index (χ0v) is 17.7. The predicted octanol–water partition coefficient (Wildman–Crippen LogP) is 4.30. The van der Waals surface area contributed by atoms with Crippen molar-refractivity contribution in [1.29, 1.82) is 0 Å². The lowest BCUT2D eigenvalue weighted by Gasteiger charge is -2.26. The van der Waals surface area contributed by atoms with Gasteiger partial charge in [0.25, 0.3) is 5.91 Å². The third-order valence-electron chi connectivity index (χ3n) is 5.26. The summed E-state index contributed by atoms with van der Waals surface area (Å²) < 4.78 is 7.55. The maximum atomic E-state index is 12.7. The van der Waals surface area contributed by atoms with Gasteiger partial charge in [-0.05, 0) is 54.7 Å². The molecule has 0 aliphatic heterocycles. The van der Waals surface area contributed by atoms with Crippen molar-refractivity contribution in [2.75, 3.05) is 13.7 Å². The van der Waals surface area contributed by atoms with E-state index in [0.29, 0.717) is 5.92 Å². The molecular weight excluding hydrogens is 364 g/mol. The Balaban J connectivity index is 1.63. The highest BCUT2D eigenvalue weighted by atomic mass is 16.5. The van der Waals surface area contributed by atoms with Crippen LogP contribution >= 0.6 is 0 Å². The van der Waals surface area contributed by atoms with Crippen LogP contribution in [0, 0.1) is 6.92 Å². The van der Waals surface area contributed by atoms with Gasteiger partial charge in [0.15, 0.2) is 6.61 Å². The highest BCUT2D eigenvalue weighted by Gasteiger charge is 2.18. The molecule has 0 saturated heterocycles. The molecule has 1 heterocycles. The summed E-state index contributed by atoms with van der Waals surface area (Å²) in [5, 5.41) is 4.13. The Labute approximate surface area is 172 Å². The summed E-state index contributed by atoms with van der Waals surface area (Å²) in [7, 11) is 1.80. The number of benzene rings is 2. The third-order valence-corrected chi connectivity index (χ3v) is 5.26. The van der Waals surface area contributed by atoms with Gasteiger partial charge in [-0.25, -0.2) is 9.67 Å². The number of aryl methyl sites for hydroxylation is 1. The second kappa shape index (κ2) is 8.90. The maximum absolute atomic E-state index is 12.7. The number of likely N-dealkylation sites (N-methyl/N-ethyl adjacent to an activating group) is 1. The molecule has 152 valence electrons. The SMILES string of the molecule is Cc1ccc(C(C)C)cc1OCC(=O)N(C)[C@@H](C)c1ccc(-n2cncn2)cc1. The number of rotatable bonds is 7. The molecular formula is C23H28N4O2. The molecule has 1 aromatic heterocycles. The van der Waals surface area contributed by atoms with Gasteiger partial charge in [0, 0.05) is 7.05 Å². The average Bonchev–Trinajstić information content (AvgIpc) is 3.26. The summed E-state index contributed by atoms with van der Waals surface area (Å²) in [4.78, 5) is 18.4. The highest BCUT2D eigenvalue weighted by molar-refractivity contribution is 5.78. The lowest BCUT2D eigenvalue weighted by Crippen LogP contribution is -2.33.